The Hall–Kier alpha value is -1.55. The molecule has 0 radical (unpaired) electrons. The number of carbonyl (C=O) groups excluding carboxylic acids is 1. The van der Waals surface area contributed by atoms with Crippen molar-refractivity contribution in [1.82, 2.24) is 10.2 Å². The molecule has 1 aromatic rings. The highest BCUT2D eigenvalue weighted by atomic mass is 16.5. The maximum Gasteiger partial charge on any atom is 0.260 e. The van der Waals surface area contributed by atoms with Crippen LogP contribution in [0.3, 0.4) is 0 Å². The van der Waals surface area contributed by atoms with Gasteiger partial charge in [0.1, 0.15) is 5.75 Å². The molecular formula is C14H22N2O2. The molecule has 1 N–H and O–H groups in total. The molecule has 0 fully saturated rings. The van der Waals surface area contributed by atoms with Crippen molar-refractivity contribution in [3.05, 3.63) is 29.8 Å². The number of hydrogen-bond acceptors (Lipinski definition) is 3. The van der Waals surface area contributed by atoms with Gasteiger partial charge in [0.05, 0.1) is 0 Å². The monoisotopic (exact) mass is 250 g/mol. The summed E-state index contributed by atoms with van der Waals surface area (Å²) in [5.74, 6) is 0.729. The third-order valence-electron chi connectivity index (χ3n) is 2.82. The van der Waals surface area contributed by atoms with Gasteiger partial charge >= 0.3 is 0 Å². The van der Waals surface area contributed by atoms with E-state index in [1.807, 2.05) is 31.3 Å². The molecule has 4 heteroatoms. The Labute approximate surface area is 109 Å². The van der Waals surface area contributed by atoms with Gasteiger partial charge in [-0.2, -0.15) is 0 Å². The molecule has 0 heterocycles. The first kappa shape index (κ1) is 14.5. The number of rotatable bonds is 7. The molecule has 0 spiro atoms. The van der Waals surface area contributed by atoms with Crippen molar-refractivity contribution >= 4 is 5.91 Å². The number of amides is 1. The Balaban J connectivity index is 2.37. The Kier molecular flexibility index (Phi) is 6.22. The van der Waals surface area contributed by atoms with Crippen LogP contribution in [-0.4, -0.2) is 44.6 Å². The van der Waals surface area contributed by atoms with Gasteiger partial charge in [0, 0.05) is 20.1 Å². The zero-order valence-electron chi connectivity index (χ0n) is 11.4. The molecule has 1 aromatic carbocycles. The third kappa shape index (κ3) is 4.75. The van der Waals surface area contributed by atoms with Crippen molar-refractivity contribution in [3.63, 3.8) is 0 Å². The van der Waals surface area contributed by atoms with Crippen molar-refractivity contribution < 1.29 is 9.53 Å². The Morgan fingerprint density at radius 3 is 2.56 bits per heavy atom. The standard InChI is InChI=1S/C14H22N2O2/c1-4-12-5-7-13(8-6-12)18-11-14(17)16(3)10-9-15-2/h5-8,15H,4,9-11H2,1-3H3. The molecule has 4 nitrogen and oxygen atoms in total. The zero-order valence-corrected chi connectivity index (χ0v) is 11.4. The summed E-state index contributed by atoms with van der Waals surface area (Å²) in [7, 11) is 3.65. The van der Waals surface area contributed by atoms with E-state index < -0.39 is 0 Å². The van der Waals surface area contributed by atoms with Crippen LogP contribution in [0.5, 0.6) is 5.75 Å². The van der Waals surface area contributed by atoms with Crippen molar-refractivity contribution in [1.29, 1.82) is 0 Å². The summed E-state index contributed by atoms with van der Waals surface area (Å²) in [5.41, 5.74) is 1.26. The number of hydrogen-bond donors (Lipinski definition) is 1. The van der Waals surface area contributed by atoms with Gasteiger partial charge in [-0.15, -0.1) is 0 Å². The Morgan fingerprint density at radius 2 is 2.00 bits per heavy atom. The van der Waals surface area contributed by atoms with Crippen LogP contribution in [0.25, 0.3) is 0 Å². The van der Waals surface area contributed by atoms with Crippen LogP contribution >= 0.6 is 0 Å². The summed E-state index contributed by atoms with van der Waals surface area (Å²) in [6.45, 7) is 3.67. The lowest BCUT2D eigenvalue weighted by atomic mass is 10.2. The third-order valence-corrected chi connectivity index (χ3v) is 2.82. The molecule has 0 saturated carbocycles. The Morgan fingerprint density at radius 1 is 1.33 bits per heavy atom. The molecule has 0 aliphatic carbocycles. The molecule has 0 unspecified atom stereocenters. The second kappa shape index (κ2) is 7.71. The second-order valence-electron chi connectivity index (χ2n) is 4.21. The number of carbonyl (C=O) groups is 1. The minimum absolute atomic E-state index is 0.00943. The molecule has 0 atom stereocenters. The highest BCUT2D eigenvalue weighted by Crippen LogP contribution is 2.12. The fraction of sp³-hybridized carbons (Fsp3) is 0.500. The fourth-order valence-electron chi connectivity index (χ4n) is 1.48. The van der Waals surface area contributed by atoms with Gasteiger partial charge in [-0.25, -0.2) is 0 Å². The second-order valence-corrected chi connectivity index (χ2v) is 4.21. The summed E-state index contributed by atoms with van der Waals surface area (Å²) in [5, 5.41) is 3.01. The summed E-state index contributed by atoms with van der Waals surface area (Å²) in [4.78, 5) is 13.4. The first-order valence-corrected chi connectivity index (χ1v) is 6.27. The summed E-state index contributed by atoms with van der Waals surface area (Å²) >= 11 is 0. The van der Waals surface area contributed by atoms with Gasteiger partial charge in [-0.1, -0.05) is 19.1 Å². The van der Waals surface area contributed by atoms with Gasteiger partial charge in [0.25, 0.3) is 5.91 Å². The Bertz CT molecular complexity index is 363. The van der Waals surface area contributed by atoms with E-state index in [-0.39, 0.29) is 12.5 Å². The van der Waals surface area contributed by atoms with Crippen molar-refractivity contribution in [2.45, 2.75) is 13.3 Å². The average molecular weight is 250 g/mol. The van der Waals surface area contributed by atoms with Crippen LogP contribution in [0.1, 0.15) is 12.5 Å². The van der Waals surface area contributed by atoms with Crippen molar-refractivity contribution in [2.75, 3.05) is 33.8 Å². The summed E-state index contributed by atoms with van der Waals surface area (Å²) < 4.78 is 5.46. The number of likely N-dealkylation sites (N-methyl/N-ethyl adjacent to an activating group) is 2. The zero-order chi connectivity index (χ0) is 13.4. The van der Waals surface area contributed by atoms with Gasteiger partial charge in [-0.05, 0) is 31.2 Å². The highest BCUT2D eigenvalue weighted by Gasteiger charge is 2.08. The lowest BCUT2D eigenvalue weighted by Gasteiger charge is -2.17. The van der Waals surface area contributed by atoms with Crippen molar-refractivity contribution in [2.24, 2.45) is 0 Å². The molecule has 0 aromatic heterocycles. The van der Waals surface area contributed by atoms with E-state index in [4.69, 9.17) is 4.74 Å². The molecule has 100 valence electrons. The maximum atomic E-state index is 11.7. The first-order chi connectivity index (χ1) is 8.67. The van der Waals surface area contributed by atoms with Crippen LogP contribution in [0.4, 0.5) is 0 Å². The highest BCUT2D eigenvalue weighted by molar-refractivity contribution is 5.77. The summed E-state index contributed by atoms with van der Waals surface area (Å²) in [6.07, 6.45) is 1.01. The van der Waals surface area contributed by atoms with Crippen molar-refractivity contribution in [3.8, 4) is 5.75 Å². The predicted octanol–water partition coefficient (Wildman–Crippen LogP) is 1.31. The normalized spacial score (nSPS) is 10.2. The molecule has 1 amide bonds. The quantitative estimate of drug-likeness (QED) is 0.793. The van der Waals surface area contributed by atoms with Crippen LogP contribution < -0.4 is 10.1 Å². The van der Waals surface area contributed by atoms with E-state index in [9.17, 15) is 4.79 Å². The number of nitrogens with one attached hydrogen (secondary N) is 1. The van der Waals surface area contributed by atoms with Gasteiger partial charge in [-0.3, -0.25) is 4.79 Å². The molecule has 0 saturated heterocycles. The average Bonchev–Trinajstić information content (AvgIpc) is 2.42. The van der Waals surface area contributed by atoms with Gasteiger partial charge in [0.15, 0.2) is 6.61 Å². The van der Waals surface area contributed by atoms with E-state index in [1.54, 1.807) is 11.9 Å². The van der Waals surface area contributed by atoms with E-state index in [0.717, 1.165) is 18.7 Å². The van der Waals surface area contributed by atoms with E-state index in [0.29, 0.717) is 6.54 Å². The van der Waals surface area contributed by atoms with E-state index in [1.165, 1.54) is 5.56 Å². The molecule has 0 bridgehead atoms. The van der Waals surface area contributed by atoms with E-state index in [2.05, 4.69) is 12.2 Å². The molecular weight excluding hydrogens is 228 g/mol. The van der Waals surface area contributed by atoms with E-state index >= 15 is 0 Å². The minimum atomic E-state index is -0.00943. The minimum Gasteiger partial charge on any atom is -0.484 e. The van der Waals surface area contributed by atoms with Crippen LogP contribution in [0.15, 0.2) is 24.3 Å². The topological polar surface area (TPSA) is 41.6 Å². The van der Waals surface area contributed by atoms with Crippen LogP contribution in [0, 0.1) is 0 Å². The summed E-state index contributed by atoms with van der Waals surface area (Å²) in [6, 6.07) is 7.84. The maximum absolute atomic E-state index is 11.7. The SMILES string of the molecule is CCc1ccc(OCC(=O)N(C)CCNC)cc1. The molecule has 0 aliphatic heterocycles. The number of ether oxygens (including phenoxy) is 1. The van der Waals surface area contributed by atoms with Crippen LogP contribution in [-0.2, 0) is 11.2 Å². The predicted molar refractivity (Wildman–Crippen MR) is 72.9 cm³/mol. The number of aryl methyl sites for hydroxylation is 1. The molecule has 1 rings (SSSR count). The number of benzene rings is 1. The van der Waals surface area contributed by atoms with Crippen LogP contribution in [0.2, 0.25) is 0 Å². The van der Waals surface area contributed by atoms with Gasteiger partial charge < -0.3 is 15.0 Å². The van der Waals surface area contributed by atoms with Gasteiger partial charge in [0.2, 0.25) is 0 Å². The largest absolute Gasteiger partial charge is 0.484 e. The number of nitrogens with zero attached hydrogens (tertiary/aromatic N) is 1. The lowest BCUT2D eigenvalue weighted by molar-refractivity contribution is -0.131. The smallest absolute Gasteiger partial charge is 0.260 e. The molecule has 0 aliphatic rings. The fourth-order valence-corrected chi connectivity index (χ4v) is 1.48. The lowest BCUT2D eigenvalue weighted by Crippen LogP contribution is -2.35. The first-order valence-electron chi connectivity index (χ1n) is 6.27. The molecule has 18 heavy (non-hydrogen) atoms.